The van der Waals surface area contributed by atoms with Crippen molar-refractivity contribution < 1.29 is 19.5 Å². The lowest BCUT2D eigenvalue weighted by molar-refractivity contribution is -0.130. The first kappa shape index (κ1) is 13.7. The molecule has 1 aromatic rings. The summed E-state index contributed by atoms with van der Waals surface area (Å²) in [5.41, 5.74) is 0.0724. The van der Waals surface area contributed by atoms with Crippen LogP contribution in [0.3, 0.4) is 0 Å². The number of anilines is 1. The molecule has 0 atom stereocenters. The van der Waals surface area contributed by atoms with Gasteiger partial charge in [0.25, 0.3) is 0 Å². The van der Waals surface area contributed by atoms with Crippen LogP contribution in [-0.2, 0) is 9.59 Å². The van der Waals surface area contributed by atoms with Crippen molar-refractivity contribution in [2.75, 3.05) is 4.90 Å². The molecule has 1 fully saturated rings. The van der Waals surface area contributed by atoms with Crippen LogP contribution in [0.2, 0.25) is 0 Å². The second-order valence-corrected chi connectivity index (χ2v) is 5.52. The number of rotatable bonds is 2. The smallest absolute Gasteiger partial charge is 0.337 e. The molecule has 1 N–H and O–H groups in total. The maximum Gasteiger partial charge on any atom is 0.337 e. The van der Waals surface area contributed by atoms with E-state index >= 15 is 0 Å². The number of hydrogen-bond acceptors (Lipinski definition) is 3. The molecule has 0 aromatic heterocycles. The average Bonchev–Trinajstić information content (AvgIpc) is 2.29. The lowest BCUT2D eigenvalue weighted by Crippen LogP contribution is -2.43. The highest BCUT2D eigenvalue weighted by Crippen LogP contribution is 2.30. The van der Waals surface area contributed by atoms with Crippen LogP contribution < -0.4 is 4.90 Å². The molecule has 0 radical (unpaired) electrons. The Kier molecular flexibility index (Phi) is 3.71. The molecule has 6 heteroatoms. The first-order valence-corrected chi connectivity index (χ1v) is 6.58. The van der Waals surface area contributed by atoms with Gasteiger partial charge in [0.1, 0.15) is 0 Å². The van der Waals surface area contributed by atoms with Crippen molar-refractivity contribution in [2.24, 2.45) is 5.92 Å². The molecule has 2 rings (SSSR count). The molecule has 0 aliphatic carbocycles. The van der Waals surface area contributed by atoms with Crippen molar-refractivity contribution in [1.82, 2.24) is 0 Å². The second kappa shape index (κ2) is 5.13. The largest absolute Gasteiger partial charge is 0.478 e. The summed E-state index contributed by atoms with van der Waals surface area (Å²) in [6.45, 7) is 1.83. The van der Waals surface area contributed by atoms with E-state index in [4.69, 9.17) is 0 Å². The van der Waals surface area contributed by atoms with Crippen LogP contribution >= 0.6 is 15.9 Å². The minimum absolute atomic E-state index is 0.0000218. The summed E-state index contributed by atoms with van der Waals surface area (Å²) in [5, 5.41) is 9.18. The Morgan fingerprint density at radius 1 is 1.32 bits per heavy atom. The van der Waals surface area contributed by atoms with Crippen LogP contribution in [0.5, 0.6) is 0 Å². The van der Waals surface area contributed by atoms with Crippen molar-refractivity contribution in [3.05, 3.63) is 28.2 Å². The fraction of sp³-hybridized carbons (Fsp3) is 0.308. The topological polar surface area (TPSA) is 74.7 Å². The Bertz CT molecular complexity index is 552. The van der Waals surface area contributed by atoms with Gasteiger partial charge in [0, 0.05) is 17.3 Å². The minimum atomic E-state index is -1.17. The van der Waals surface area contributed by atoms with Crippen LogP contribution in [0.25, 0.3) is 0 Å². The summed E-state index contributed by atoms with van der Waals surface area (Å²) in [5.74, 6) is -1.88. The first-order valence-electron chi connectivity index (χ1n) is 5.78. The normalized spacial score (nSPS) is 16.8. The van der Waals surface area contributed by atoms with E-state index in [-0.39, 0.29) is 41.8 Å². The van der Waals surface area contributed by atoms with Crippen molar-refractivity contribution in [1.29, 1.82) is 0 Å². The number of halogens is 1. The van der Waals surface area contributed by atoms with Crippen LogP contribution in [-0.4, -0.2) is 22.9 Å². The summed E-state index contributed by atoms with van der Waals surface area (Å²) in [4.78, 5) is 36.2. The third kappa shape index (κ3) is 2.68. The first-order chi connectivity index (χ1) is 8.90. The molecule has 100 valence electrons. The van der Waals surface area contributed by atoms with Gasteiger partial charge >= 0.3 is 5.97 Å². The Hall–Kier alpha value is -1.69. The number of piperidine rings is 1. The lowest BCUT2D eigenvalue weighted by atomic mass is 9.96. The van der Waals surface area contributed by atoms with E-state index in [0.29, 0.717) is 4.47 Å². The fourth-order valence-electron chi connectivity index (χ4n) is 2.13. The summed E-state index contributed by atoms with van der Waals surface area (Å²) < 4.78 is 0.582. The Balaban J connectivity index is 2.49. The zero-order chi connectivity index (χ0) is 14.2. The van der Waals surface area contributed by atoms with Gasteiger partial charge in [0.15, 0.2) is 0 Å². The third-order valence-electron chi connectivity index (χ3n) is 2.97. The number of carboxylic acids is 1. The molecule has 5 nitrogen and oxygen atoms in total. The van der Waals surface area contributed by atoms with E-state index in [1.807, 2.05) is 6.92 Å². The van der Waals surface area contributed by atoms with E-state index in [2.05, 4.69) is 15.9 Å². The van der Waals surface area contributed by atoms with E-state index in [1.54, 1.807) is 6.07 Å². The van der Waals surface area contributed by atoms with Gasteiger partial charge in [-0.1, -0.05) is 22.9 Å². The van der Waals surface area contributed by atoms with Gasteiger partial charge in [-0.05, 0) is 24.1 Å². The molecular formula is C13H12BrNO4. The molecule has 0 saturated carbocycles. The molecule has 1 aromatic carbocycles. The van der Waals surface area contributed by atoms with Gasteiger partial charge in [0.05, 0.1) is 11.3 Å². The molecule has 0 unspecified atom stereocenters. The number of amides is 2. The molecule has 0 spiro atoms. The number of aromatic carboxylic acids is 1. The number of carboxylic acid groups (broad SMARTS) is 1. The Morgan fingerprint density at radius 2 is 1.89 bits per heavy atom. The molecule has 1 heterocycles. The average molecular weight is 326 g/mol. The maximum atomic E-state index is 12.0. The van der Waals surface area contributed by atoms with Gasteiger partial charge in [-0.2, -0.15) is 0 Å². The van der Waals surface area contributed by atoms with Crippen molar-refractivity contribution in [2.45, 2.75) is 19.8 Å². The van der Waals surface area contributed by atoms with Crippen molar-refractivity contribution in [3.63, 3.8) is 0 Å². The highest BCUT2D eigenvalue weighted by atomic mass is 79.9. The predicted molar refractivity (Wildman–Crippen MR) is 72.0 cm³/mol. The standard InChI is InChI=1S/C13H12BrNO4/c1-7-4-11(16)15(12(17)5-7)10-3-2-8(14)6-9(10)13(18)19/h2-3,6-7H,4-5H2,1H3,(H,18,19). The number of imide groups is 1. The van der Waals surface area contributed by atoms with Crippen LogP contribution in [0.15, 0.2) is 22.7 Å². The van der Waals surface area contributed by atoms with Gasteiger partial charge in [-0.25, -0.2) is 9.69 Å². The second-order valence-electron chi connectivity index (χ2n) is 4.60. The van der Waals surface area contributed by atoms with E-state index in [9.17, 15) is 19.5 Å². The predicted octanol–water partition coefficient (Wildman–Crippen LogP) is 2.44. The molecule has 2 amide bonds. The summed E-state index contributed by atoms with van der Waals surface area (Å²) in [6.07, 6.45) is 0.502. The third-order valence-corrected chi connectivity index (χ3v) is 3.47. The number of carbonyl (C=O) groups excluding carboxylic acids is 2. The van der Waals surface area contributed by atoms with E-state index in [1.165, 1.54) is 12.1 Å². The van der Waals surface area contributed by atoms with Gasteiger partial charge in [-0.3, -0.25) is 9.59 Å². The molecule has 19 heavy (non-hydrogen) atoms. The Labute approximate surface area is 118 Å². The maximum absolute atomic E-state index is 12.0. The molecule has 0 bridgehead atoms. The van der Waals surface area contributed by atoms with Crippen LogP contribution in [0, 0.1) is 5.92 Å². The highest BCUT2D eigenvalue weighted by Gasteiger charge is 2.33. The summed E-state index contributed by atoms with van der Waals surface area (Å²) in [7, 11) is 0. The zero-order valence-corrected chi connectivity index (χ0v) is 11.8. The number of hydrogen-bond donors (Lipinski definition) is 1. The number of nitrogens with zero attached hydrogens (tertiary/aromatic N) is 1. The monoisotopic (exact) mass is 325 g/mol. The number of benzene rings is 1. The molecule has 1 aliphatic heterocycles. The van der Waals surface area contributed by atoms with Crippen molar-refractivity contribution >= 4 is 39.4 Å². The Morgan fingerprint density at radius 3 is 2.42 bits per heavy atom. The quantitative estimate of drug-likeness (QED) is 0.847. The highest BCUT2D eigenvalue weighted by molar-refractivity contribution is 9.10. The fourth-order valence-corrected chi connectivity index (χ4v) is 2.49. The molecular weight excluding hydrogens is 314 g/mol. The molecule has 1 saturated heterocycles. The SMILES string of the molecule is CC1CC(=O)N(c2ccc(Br)cc2C(=O)O)C(=O)C1. The van der Waals surface area contributed by atoms with Gasteiger partial charge in [-0.15, -0.1) is 0 Å². The minimum Gasteiger partial charge on any atom is -0.478 e. The summed E-state index contributed by atoms with van der Waals surface area (Å²) >= 11 is 3.18. The van der Waals surface area contributed by atoms with E-state index in [0.717, 1.165) is 4.90 Å². The van der Waals surface area contributed by atoms with Crippen molar-refractivity contribution in [3.8, 4) is 0 Å². The van der Waals surface area contributed by atoms with Gasteiger partial charge < -0.3 is 5.11 Å². The van der Waals surface area contributed by atoms with Crippen LogP contribution in [0.4, 0.5) is 5.69 Å². The molecule has 1 aliphatic rings. The number of carbonyl (C=O) groups is 3. The lowest BCUT2D eigenvalue weighted by Gasteiger charge is -2.29. The summed E-state index contributed by atoms with van der Waals surface area (Å²) in [6, 6.07) is 4.47. The van der Waals surface area contributed by atoms with Crippen LogP contribution in [0.1, 0.15) is 30.1 Å². The van der Waals surface area contributed by atoms with E-state index < -0.39 is 5.97 Å². The van der Waals surface area contributed by atoms with Gasteiger partial charge in [0.2, 0.25) is 11.8 Å². The zero-order valence-electron chi connectivity index (χ0n) is 10.2.